The Kier molecular flexibility index (Phi) is 6.13. The number of nitrogens with zero attached hydrogens (tertiary/aromatic N) is 1. The topological polar surface area (TPSA) is 116 Å². The van der Waals surface area contributed by atoms with Gasteiger partial charge in [-0.2, -0.15) is 0 Å². The predicted molar refractivity (Wildman–Crippen MR) is 129 cm³/mol. The van der Waals surface area contributed by atoms with E-state index < -0.39 is 27.8 Å². The van der Waals surface area contributed by atoms with Crippen LogP contribution < -0.4 is 19.5 Å². The zero-order valence-electron chi connectivity index (χ0n) is 19.1. The van der Waals surface area contributed by atoms with Crippen LogP contribution in [0.4, 0.5) is 5.69 Å². The van der Waals surface area contributed by atoms with Crippen LogP contribution in [0.3, 0.4) is 0 Å². The van der Waals surface area contributed by atoms with Gasteiger partial charge < -0.3 is 15.2 Å². The number of fused-ring (bicyclic) bond motifs is 1. The molecule has 1 atom stereocenters. The van der Waals surface area contributed by atoms with Crippen LogP contribution in [0, 0.1) is 13.8 Å². The normalized spacial score (nSPS) is 15.4. The van der Waals surface area contributed by atoms with Crippen LogP contribution in [0.15, 0.2) is 47.4 Å². The summed E-state index contributed by atoms with van der Waals surface area (Å²) in [4.78, 5) is 27.9. The lowest BCUT2D eigenvalue weighted by Gasteiger charge is -2.19. The molecule has 2 N–H and O–H groups in total. The van der Waals surface area contributed by atoms with Crippen LogP contribution in [0.1, 0.15) is 44.1 Å². The first-order valence-corrected chi connectivity index (χ1v) is 12.8. The number of methoxy groups -OCH3 is 1. The van der Waals surface area contributed by atoms with E-state index in [-0.39, 0.29) is 27.5 Å². The quantitative estimate of drug-likeness (QED) is 0.528. The highest BCUT2D eigenvalue weighted by atomic mass is 32.2. The Morgan fingerprint density at radius 2 is 1.85 bits per heavy atom. The molecule has 0 saturated carbocycles. The molecule has 34 heavy (non-hydrogen) atoms. The van der Waals surface area contributed by atoms with E-state index in [0.717, 1.165) is 9.18 Å². The van der Waals surface area contributed by atoms with E-state index in [1.54, 1.807) is 51.1 Å². The first kappa shape index (κ1) is 23.8. The van der Waals surface area contributed by atoms with Gasteiger partial charge in [-0.05, 0) is 45.0 Å². The molecule has 10 heteroatoms. The van der Waals surface area contributed by atoms with Crippen molar-refractivity contribution in [3.8, 4) is 11.5 Å². The van der Waals surface area contributed by atoms with Crippen LogP contribution in [-0.4, -0.2) is 33.9 Å². The van der Waals surface area contributed by atoms with E-state index in [0.29, 0.717) is 22.8 Å². The summed E-state index contributed by atoms with van der Waals surface area (Å²) in [7, 11) is -2.90. The number of aryl methyl sites for hydroxylation is 2. The fourth-order valence-corrected chi connectivity index (χ4v) is 7.33. The van der Waals surface area contributed by atoms with Crippen molar-refractivity contribution < 1.29 is 27.5 Å². The fourth-order valence-electron chi connectivity index (χ4n) is 4.35. The third-order valence-corrected chi connectivity index (χ3v) is 8.58. The van der Waals surface area contributed by atoms with Crippen molar-refractivity contribution in [2.75, 3.05) is 18.0 Å². The van der Waals surface area contributed by atoms with Crippen LogP contribution >= 0.6 is 11.3 Å². The molecule has 8 nitrogen and oxygen atoms in total. The van der Waals surface area contributed by atoms with Crippen LogP contribution in [0.25, 0.3) is 0 Å². The van der Waals surface area contributed by atoms with Gasteiger partial charge >= 0.3 is 0 Å². The van der Waals surface area contributed by atoms with Gasteiger partial charge in [-0.3, -0.25) is 9.59 Å². The average molecular weight is 501 g/mol. The summed E-state index contributed by atoms with van der Waals surface area (Å²) in [6.07, 6.45) is 0. The maximum absolute atomic E-state index is 13.9. The Labute approximate surface area is 202 Å². The van der Waals surface area contributed by atoms with Gasteiger partial charge in [0.15, 0.2) is 0 Å². The van der Waals surface area contributed by atoms with E-state index in [4.69, 9.17) is 15.2 Å². The lowest BCUT2D eigenvalue weighted by molar-refractivity contribution is -0.117. The number of hydrogen-bond acceptors (Lipinski definition) is 7. The molecule has 2 aromatic carbocycles. The third-order valence-electron chi connectivity index (χ3n) is 5.65. The van der Waals surface area contributed by atoms with Crippen molar-refractivity contribution in [1.29, 1.82) is 0 Å². The number of carbonyl (C=O) groups excluding carboxylic acids is 2. The van der Waals surface area contributed by atoms with E-state index in [2.05, 4.69) is 0 Å². The lowest BCUT2D eigenvalue weighted by atomic mass is 9.88. The highest BCUT2D eigenvalue weighted by Crippen LogP contribution is 2.50. The van der Waals surface area contributed by atoms with Crippen molar-refractivity contribution >= 4 is 38.9 Å². The zero-order chi connectivity index (χ0) is 24.8. The standard InChI is InChI=1S/C24H24N2O6S2/c1-5-32-17-9-7-6-8-15(17)20-21-16(10-11-18(31-4)22(21)23(25)27)26(24(20)28)34(29,30)19-12-13(2)33-14(19)3/h6-12,20H,5H2,1-4H3,(H2,25,27). The second kappa shape index (κ2) is 8.77. The molecular formula is C24H24N2O6S2. The van der Waals surface area contributed by atoms with E-state index in [1.165, 1.54) is 30.6 Å². The molecule has 0 spiro atoms. The minimum atomic E-state index is -4.28. The molecule has 178 valence electrons. The van der Waals surface area contributed by atoms with E-state index in [9.17, 15) is 18.0 Å². The Morgan fingerprint density at radius 1 is 1.15 bits per heavy atom. The predicted octanol–water partition coefficient (Wildman–Crippen LogP) is 3.74. The van der Waals surface area contributed by atoms with Crippen molar-refractivity contribution in [3.05, 3.63) is 68.9 Å². The number of ether oxygens (including phenoxy) is 2. The number of benzene rings is 2. The largest absolute Gasteiger partial charge is 0.496 e. The number of para-hydroxylation sites is 1. The van der Waals surface area contributed by atoms with Crippen molar-refractivity contribution in [3.63, 3.8) is 0 Å². The SMILES string of the molecule is CCOc1ccccc1C1C(=O)N(S(=O)(=O)c2cc(C)sc2C)c2ccc(OC)c(C(N)=O)c21. The molecule has 0 bridgehead atoms. The average Bonchev–Trinajstić information content (AvgIpc) is 3.29. The number of amides is 2. The summed E-state index contributed by atoms with van der Waals surface area (Å²) in [6, 6.07) is 11.3. The van der Waals surface area contributed by atoms with Crippen LogP contribution in [0.5, 0.6) is 11.5 Å². The van der Waals surface area contributed by atoms with Gasteiger partial charge in [0.25, 0.3) is 21.8 Å². The Hall–Kier alpha value is -3.37. The molecule has 4 rings (SSSR count). The molecule has 2 amide bonds. The number of nitrogens with two attached hydrogens (primary N) is 1. The van der Waals surface area contributed by atoms with Crippen molar-refractivity contribution in [2.45, 2.75) is 31.6 Å². The summed E-state index contributed by atoms with van der Waals surface area (Å²) in [5.41, 5.74) is 6.35. The third kappa shape index (κ3) is 3.63. The van der Waals surface area contributed by atoms with Gasteiger partial charge in [0.2, 0.25) is 0 Å². The number of rotatable bonds is 7. The van der Waals surface area contributed by atoms with Gasteiger partial charge in [-0.1, -0.05) is 18.2 Å². The molecule has 0 saturated heterocycles. The maximum Gasteiger partial charge on any atom is 0.272 e. The molecule has 1 aliphatic heterocycles. The number of thiophene rings is 1. The molecule has 0 radical (unpaired) electrons. The smallest absolute Gasteiger partial charge is 0.272 e. The molecule has 1 aliphatic rings. The van der Waals surface area contributed by atoms with Crippen LogP contribution in [-0.2, 0) is 14.8 Å². The van der Waals surface area contributed by atoms with Gasteiger partial charge in [0, 0.05) is 20.9 Å². The fraction of sp³-hybridized carbons (Fsp3) is 0.250. The number of primary amides is 1. The molecule has 3 aromatic rings. The van der Waals surface area contributed by atoms with E-state index >= 15 is 0 Å². The zero-order valence-corrected chi connectivity index (χ0v) is 20.7. The molecule has 2 heterocycles. The number of sulfonamides is 1. The minimum absolute atomic E-state index is 0.0411. The summed E-state index contributed by atoms with van der Waals surface area (Å²) in [5, 5.41) is 0. The number of carbonyl (C=O) groups is 2. The molecular weight excluding hydrogens is 476 g/mol. The minimum Gasteiger partial charge on any atom is -0.496 e. The second-order valence-electron chi connectivity index (χ2n) is 7.73. The van der Waals surface area contributed by atoms with Gasteiger partial charge in [-0.25, -0.2) is 12.7 Å². The molecule has 0 aliphatic carbocycles. The lowest BCUT2D eigenvalue weighted by Crippen LogP contribution is -2.35. The van der Waals surface area contributed by atoms with Crippen LogP contribution in [0.2, 0.25) is 0 Å². The number of anilines is 1. The summed E-state index contributed by atoms with van der Waals surface area (Å²) >= 11 is 1.33. The highest BCUT2D eigenvalue weighted by molar-refractivity contribution is 7.93. The van der Waals surface area contributed by atoms with Gasteiger partial charge in [0.05, 0.1) is 30.9 Å². The summed E-state index contributed by atoms with van der Waals surface area (Å²) < 4.78 is 39.4. The highest BCUT2D eigenvalue weighted by Gasteiger charge is 2.49. The summed E-state index contributed by atoms with van der Waals surface area (Å²) in [5.74, 6) is -2.12. The Bertz CT molecular complexity index is 1410. The second-order valence-corrected chi connectivity index (χ2v) is 10.9. The monoisotopic (exact) mass is 500 g/mol. The number of hydrogen-bond donors (Lipinski definition) is 1. The van der Waals surface area contributed by atoms with Crippen molar-refractivity contribution in [2.24, 2.45) is 5.73 Å². The molecule has 1 unspecified atom stereocenters. The first-order valence-electron chi connectivity index (χ1n) is 10.5. The Morgan fingerprint density at radius 3 is 2.44 bits per heavy atom. The maximum atomic E-state index is 13.9. The van der Waals surface area contributed by atoms with E-state index in [1.807, 2.05) is 0 Å². The summed E-state index contributed by atoms with van der Waals surface area (Å²) in [6.45, 7) is 5.63. The van der Waals surface area contributed by atoms with Gasteiger partial charge in [-0.15, -0.1) is 11.3 Å². The first-order chi connectivity index (χ1) is 16.1. The molecule has 1 aromatic heterocycles. The Balaban J connectivity index is 2.05. The molecule has 0 fully saturated rings. The van der Waals surface area contributed by atoms with Gasteiger partial charge in [0.1, 0.15) is 16.4 Å². The van der Waals surface area contributed by atoms with Crippen molar-refractivity contribution in [1.82, 2.24) is 0 Å².